The standard InChI is InChI=1S/C13H15FN4O/c1-8-5-9(7-10(14)6-8)13(16-15)11-3-4-12(19-2)18-17-11/h3-7,13,16H,15H2,1-2H3. The second-order valence-corrected chi connectivity index (χ2v) is 4.16. The van der Waals surface area contributed by atoms with Gasteiger partial charge in [0.15, 0.2) is 0 Å². The van der Waals surface area contributed by atoms with E-state index in [1.165, 1.54) is 19.2 Å². The molecule has 2 aromatic rings. The lowest BCUT2D eigenvalue weighted by Crippen LogP contribution is -2.29. The Hall–Kier alpha value is -2.05. The quantitative estimate of drug-likeness (QED) is 0.645. The van der Waals surface area contributed by atoms with Gasteiger partial charge >= 0.3 is 0 Å². The van der Waals surface area contributed by atoms with Crippen LogP contribution < -0.4 is 16.0 Å². The van der Waals surface area contributed by atoms with Crippen molar-refractivity contribution in [3.63, 3.8) is 0 Å². The summed E-state index contributed by atoms with van der Waals surface area (Å²) in [5.74, 6) is 5.64. The van der Waals surface area contributed by atoms with Gasteiger partial charge in [0.05, 0.1) is 18.8 Å². The molecule has 1 aromatic heterocycles. The number of halogens is 1. The number of hydrazine groups is 1. The zero-order chi connectivity index (χ0) is 13.8. The van der Waals surface area contributed by atoms with Gasteiger partial charge in [-0.15, -0.1) is 10.2 Å². The number of nitrogens with two attached hydrogens (primary N) is 1. The number of methoxy groups -OCH3 is 1. The molecule has 0 saturated carbocycles. The Kier molecular flexibility index (Phi) is 4.03. The Morgan fingerprint density at radius 3 is 2.58 bits per heavy atom. The molecule has 6 heteroatoms. The first kappa shape index (κ1) is 13.4. The summed E-state index contributed by atoms with van der Waals surface area (Å²) in [4.78, 5) is 0. The van der Waals surface area contributed by atoms with Gasteiger partial charge in [0.25, 0.3) is 0 Å². The lowest BCUT2D eigenvalue weighted by molar-refractivity contribution is 0.390. The van der Waals surface area contributed by atoms with Gasteiger partial charge in [0.2, 0.25) is 5.88 Å². The fourth-order valence-corrected chi connectivity index (χ4v) is 1.88. The van der Waals surface area contributed by atoms with Crippen LogP contribution in [0.5, 0.6) is 5.88 Å². The average molecular weight is 262 g/mol. The minimum absolute atomic E-state index is 0.309. The molecule has 0 bridgehead atoms. The van der Waals surface area contributed by atoms with Gasteiger partial charge in [-0.2, -0.15) is 0 Å². The summed E-state index contributed by atoms with van der Waals surface area (Å²) in [5.41, 5.74) is 4.72. The Bertz CT molecular complexity index is 539. The molecule has 1 atom stereocenters. The summed E-state index contributed by atoms with van der Waals surface area (Å²) in [7, 11) is 1.51. The van der Waals surface area contributed by atoms with Crippen LogP contribution in [0.4, 0.5) is 4.39 Å². The van der Waals surface area contributed by atoms with E-state index >= 15 is 0 Å². The van der Waals surface area contributed by atoms with Crippen LogP contribution in [0.3, 0.4) is 0 Å². The van der Waals surface area contributed by atoms with Crippen molar-refractivity contribution in [1.29, 1.82) is 0 Å². The molecular weight excluding hydrogens is 247 g/mol. The normalized spacial score (nSPS) is 12.2. The highest BCUT2D eigenvalue weighted by atomic mass is 19.1. The topological polar surface area (TPSA) is 73.1 Å². The third-order valence-corrected chi connectivity index (χ3v) is 2.73. The van der Waals surface area contributed by atoms with E-state index in [0.29, 0.717) is 17.1 Å². The monoisotopic (exact) mass is 262 g/mol. The van der Waals surface area contributed by atoms with E-state index in [-0.39, 0.29) is 5.82 Å². The van der Waals surface area contributed by atoms with Gasteiger partial charge in [-0.1, -0.05) is 6.07 Å². The van der Waals surface area contributed by atoms with Crippen LogP contribution in [0.2, 0.25) is 0 Å². The fraction of sp³-hybridized carbons (Fsp3) is 0.231. The maximum Gasteiger partial charge on any atom is 0.233 e. The molecule has 3 N–H and O–H groups in total. The van der Waals surface area contributed by atoms with Crippen LogP contribution in [0.1, 0.15) is 22.9 Å². The number of ether oxygens (including phenoxy) is 1. The number of nitrogens with zero attached hydrogens (tertiary/aromatic N) is 2. The van der Waals surface area contributed by atoms with Crippen LogP contribution in [-0.4, -0.2) is 17.3 Å². The summed E-state index contributed by atoms with van der Waals surface area (Å²) >= 11 is 0. The van der Waals surface area contributed by atoms with Crippen molar-refractivity contribution in [2.45, 2.75) is 13.0 Å². The predicted octanol–water partition coefficient (Wildman–Crippen LogP) is 1.49. The van der Waals surface area contributed by atoms with Crippen molar-refractivity contribution in [1.82, 2.24) is 15.6 Å². The molecule has 1 heterocycles. The van der Waals surface area contributed by atoms with Crippen molar-refractivity contribution in [3.05, 3.63) is 53.0 Å². The van der Waals surface area contributed by atoms with Crippen LogP contribution in [0, 0.1) is 12.7 Å². The lowest BCUT2D eigenvalue weighted by atomic mass is 10.0. The van der Waals surface area contributed by atoms with E-state index in [1.54, 1.807) is 12.1 Å². The van der Waals surface area contributed by atoms with Crippen LogP contribution in [0.25, 0.3) is 0 Å². The molecule has 0 saturated heterocycles. The summed E-state index contributed by atoms with van der Waals surface area (Å²) in [6.45, 7) is 1.82. The Morgan fingerprint density at radius 1 is 1.26 bits per heavy atom. The van der Waals surface area contributed by atoms with E-state index in [4.69, 9.17) is 10.6 Å². The number of rotatable bonds is 4. The number of hydrogen-bond acceptors (Lipinski definition) is 5. The fourth-order valence-electron chi connectivity index (χ4n) is 1.88. The highest BCUT2D eigenvalue weighted by Gasteiger charge is 2.16. The van der Waals surface area contributed by atoms with Gasteiger partial charge in [-0.25, -0.2) is 9.82 Å². The Morgan fingerprint density at radius 2 is 2.05 bits per heavy atom. The van der Waals surface area contributed by atoms with Gasteiger partial charge < -0.3 is 4.74 Å². The zero-order valence-corrected chi connectivity index (χ0v) is 10.7. The van der Waals surface area contributed by atoms with E-state index in [1.807, 2.05) is 13.0 Å². The highest BCUT2D eigenvalue weighted by molar-refractivity contribution is 5.31. The SMILES string of the molecule is COc1ccc(C(NN)c2cc(C)cc(F)c2)nn1. The molecule has 5 nitrogen and oxygen atoms in total. The molecule has 19 heavy (non-hydrogen) atoms. The third kappa shape index (κ3) is 3.04. The van der Waals surface area contributed by atoms with Gasteiger partial charge in [-0.05, 0) is 36.2 Å². The molecular formula is C13H15FN4O. The number of aromatic nitrogens is 2. The summed E-state index contributed by atoms with van der Waals surface area (Å²) < 4.78 is 18.4. The number of benzene rings is 1. The largest absolute Gasteiger partial charge is 0.480 e. The molecule has 1 unspecified atom stereocenters. The van der Waals surface area contributed by atoms with Crippen LogP contribution >= 0.6 is 0 Å². The van der Waals surface area contributed by atoms with Crippen molar-refractivity contribution in [2.24, 2.45) is 5.84 Å². The molecule has 0 fully saturated rings. The average Bonchev–Trinajstić information content (AvgIpc) is 2.39. The summed E-state index contributed by atoms with van der Waals surface area (Å²) in [6, 6.07) is 7.71. The first-order chi connectivity index (χ1) is 9.13. The number of aryl methyl sites for hydroxylation is 1. The van der Waals surface area contributed by atoms with E-state index in [9.17, 15) is 4.39 Å². The molecule has 0 aliphatic heterocycles. The third-order valence-electron chi connectivity index (χ3n) is 2.73. The lowest BCUT2D eigenvalue weighted by Gasteiger charge is -2.16. The summed E-state index contributed by atoms with van der Waals surface area (Å²) in [6.07, 6.45) is 0. The smallest absolute Gasteiger partial charge is 0.233 e. The zero-order valence-electron chi connectivity index (χ0n) is 10.7. The van der Waals surface area contributed by atoms with Crippen molar-refractivity contribution < 1.29 is 9.13 Å². The maximum atomic E-state index is 13.4. The predicted molar refractivity (Wildman–Crippen MR) is 68.9 cm³/mol. The number of hydrogen-bond donors (Lipinski definition) is 2. The first-order valence-corrected chi connectivity index (χ1v) is 5.75. The van der Waals surface area contributed by atoms with Crippen molar-refractivity contribution >= 4 is 0 Å². The second-order valence-electron chi connectivity index (χ2n) is 4.16. The van der Waals surface area contributed by atoms with Crippen LogP contribution in [-0.2, 0) is 0 Å². The Balaban J connectivity index is 2.37. The molecule has 1 aromatic carbocycles. The molecule has 0 radical (unpaired) electrons. The molecule has 0 spiro atoms. The Labute approximate surface area is 110 Å². The van der Waals surface area contributed by atoms with E-state index < -0.39 is 6.04 Å². The van der Waals surface area contributed by atoms with Gasteiger partial charge in [-0.3, -0.25) is 5.84 Å². The molecule has 0 aliphatic carbocycles. The first-order valence-electron chi connectivity index (χ1n) is 5.75. The van der Waals surface area contributed by atoms with E-state index in [2.05, 4.69) is 15.6 Å². The molecule has 100 valence electrons. The minimum Gasteiger partial charge on any atom is -0.480 e. The van der Waals surface area contributed by atoms with Crippen molar-refractivity contribution in [2.75, 3.05) is 7.11 Å². The maximum absolute atomic E-state index is 13.4. The molecule has 0 amide bonds. The second kappa shape index (κ2) is 5.73. The van der Waals surface area contributed by atoms with E-state index in [0.717, 1.165) is 5.56 Å². The molecule has 2 rings (SSSR count). The highest BCUT2D eigenvalue weighted by Crippen LogP contribution is 2.22. The van der Waals surface area contributed by atoms with Crippen LogP contribution in [0.15, 0.2) is 30.3 Å². The summed E-state index contributed by atoms with van der Waals surface area (Å²) in [5, 5.41) is 7.89. The van der Waals surface area contributed by atoms with Gasteiger partial charge in [0, 0.05) is 6.07 Å². The van der Waals surface area contributed by atoms with Gasteiger partial charge in [0.1, 0.15) is 5.82 Å². The minimum atomic E-state index is -0.423. The molecule has 0 aliphatic rings. The number of nitrogens with one attached hydrogen (secondary N) is 1. The van der Waals surface area contributed by atoms with Crippen molar-refractivity contribution in [3.8, 4) is 5.88 Å².